The maximum Gasteiger partial charge on any atom is 0.263 e. The molecule has 0 radical (unpaired) electrons. The van der Waals surface area contributed by atoms with Crippen LogP contribution in [0, 0.1) is 11.3 Å². The molecule has 0 heterocycles. The van der Waals surface area contributed by atoms with E-state index in [1.807, 2.05) is 6.07 Å². The zero-order chi connectivity index (χ0) is 14.8. The Labute approximate surface area is 130 Å². The van der Waals surface area contributed by atoms with Gasteiger partial charge in [0.05, 0.1) is 22.3 Å². The standard InChI is InChI=1S/C13H8BrClN2O2S/c14-10-4-5-13(12(15)7-10)20(18,19)17-11-3-1-2-9(6-11)8-16/h1-7,17H. The predicted octanol–water partition coefficient (Wildman–Crippen LogP) is 3.77. The summed E-state index contributed by atoms with van der Waals surface area (Å²) in [7, 11) is -3.80. The van der Waals surface area contributed by atoms with Gasteiger partial charge in [0.2, 0.25) is 0 Å². The summed E-state index contributed by atoms with van der Waals surface area (Å²) >= 11 is 9.15. The lowest BCUT2D eigenvalue weighted by Crippen LogP contribution is -2.13. The second kappa shape index (κ2) is 5.83. The van der Waals surface area contributed by atoms with Gasteiger partial charge in [0.25, 0.3) is 10.0 Å². The fourth-order valence-electron chi connectivity index (χ4n) is 1.56. The van der Waals surface area contributed by atoms with Gasteiger partial charge < -0.3 is 0 Å². The summed E-state index contributed by atoms with van der Waals surface area (Å²) in [6.45, 7) is 0. The van der Waals surface area contributed by atoms with Crippen molar-refractivity contribution in [1.82, 2.24) is 0 Å². The average Bonchev–Trinajstić information content (AvgIpc) is 2.37. The molecule has 4 nitrogen and oxygen atoms in total. The molecule has 2 rings (SSSR count). The van der Waals surface area contributed by atoms with Gasteiger partial charge in [0.1, 0.15) is 4.90 Å². The summed E-state index contributed by atoms with van der Waals surface area (Å²) in [5, 5.41) is 8.91. The first kappa shape index (κ1) is 14.9. The van der Waals surface area contributed by atoms with E-state index in [1.54, 1.807) is 24.3 Å². The van der Waals surface area contributed by atoms with Crippen LogP contribution in [0.25, 0.3) is 0 Å². The minimum Gasteiger partial charge on any atom is -0.280 e. The predicted molar refractivity (Wildman–Crippen MR) is 81.1 cm³/mol. The molecule has 2 aromatic rings. The van der Waals surface area contributed by atoms with Crippen molar-refractivity contribution in [1.29, 1.82) is 5.26 Å². The maximum atomic E-state index is 12.2. The number of rotatable bonds is 3. The molecule has 0 bridgehead atoms. The zero-order valence-corrected chi connectivity index (χ0v) is 13.1. The van der Waals surface area contributed by atoms with E-state index >= 15 is 0 Å². The highest BCUT2D eigenvalue weighted by Gasteiger charge is 2.18. The quantitative estimate of drug-likeness (QED) is 0.892. The van der Waals surface area contributed by atoms with E-state index in [0.717, 1.165) is 0 Å². The van der Waals surface area contributed by atoms with Gasteiger partial charge >= 0.3 is 0 Å². The van der Waals surface area contributed by atoms with Crippen LogP contribution in [0.15, 0.2) is 51.8 Å². The number of benzene rings is 2. The van der Waals surface area contributed by atoms with Gasteiger partial charge in [-0.05, 0) is 36.4 Å². The monoisotopic (exact) mass is 370 g/mol. The number of anilines is 1. The van der Waals surface area contributed by atoms with Crippen LogP contribution in [0.3, 0.4) is 0 Å². The van der Waals surface area contributed by atoms with Gasteiger partial charge in [-0.3, -0.25) is 4.72 Å². The molecule has 0 aliphatic heterocycles. The highest BCUT2D eigenvalue weighted by atomic mass is 79.9. The summed E-state index contributed by atoms with van der Waals surface area (Å²) < 4.78 is 27.6. The normalized spacial score (nSPS) is 10.8. The molecule has 0 aromatic heterocycles. The first-order valence-corrected chi connectivity index (χ1v) is 8.06. The molecule has 0 saturated carbocycles. The number of halogens is 2. The molecule has 7 heteroatoms. The van der Waals surface area contributed by atoms with Gasteiger partial charge in [0, 0.05) is 4.47 Å². The molecule has 1 N–H and O–H groups in total. The first-order valence-electron chi connectivity index (χ1n) is 5.40. The second-order valence-electron chi connectivity index (χ2n) is 3.87. The molecule has 0 atom stereocenters. The second-order valence-corrected chi connectivity index (χ2v) is 6.85. The number of hydrogen-bond donors (Lipinski definition) is 1. The van der Waals surface area contributed by atoms with Crippen molar-refractivity contribution in [2.75, 3.05) is 4.72 Å². The highest BCUT2D eigenvalue weighted by molar-refractivity contribution is 9.10. The molecule has 20 heavy (non-hydrogen) atoms. The summed E-state index contributed by atoms with van der Waals surface area (Å²) in [6.07, 6.45) is 0. The Kier molecular flexibility index (Phi) is 4.33. The van der Waals surface area contributed by atoms with Crippen molar-refractivity contribution < 1.29 is 8.42 Å². The molecule has 0 saturated heterocycles. The highest BCUT2D eigenvalue weighted by Crippen LogP contribution is 2.27. The van der Waals surface area contributed by atoms with E-state index in [1.165, 1.54) is 18.2 Å². The largest absolute Gasteiger partial charge is 0.280 e. The Morgan fingerprint density at radius 1 is 1.20 bits per heavy atom. The summed E-state index contributed by atoms with van der Waals surface area (Å²) in [5.74, 6) is 0. The fourth-order valence-corrected chi connectivity index (χ4v) is 3.64. The van der Waals surface area contributed by atoms with Crippen LogP contribution in [0.5, 0.6) is 0 Å². The topological polar surface area (TPSA) is 70.0 Å². The van der Waals surface area contributed by atoms with Gasteiger partial charge in [-0.2, -0.15) is 5.26 Å². The lowest BCUT2D eigenvalue weighted by atomic mass is 10.2. The van der Waals surface area contributed by atoms with E-state index in [9.17, 15) is 8.42 Å². The van der Waals surface area contributed by atoms with E-state index in [4.69, 9.17) is 16.9 Å². The van der Waals surface area contributed by atoms with Gasteiger partial charge in [-0.15, -0.1) is 0 Å². The summed E-state index contributed by atoms with van der Waals surface area (Å²) in [4.78, 5) is -0.0234. The average molecular weight is 372 g/mol. The van der Waals surface area contributed by atoms with Crippen molar-refractivity contribution in [2.45, 2.75) is 4.90 Å². The van der Waals surface area contributed by atoms with Gasteiger partial charge in [-0.1, -0.05) is 33.6 Å². The lowest BCUT2D eigenvalue weighted by Gasteiger charge is -2.09. The van der Waals surface area contributed by atoms with Crippen molar-refractivity contribution in [3.63, 3.8) is 0 Å². The van der Waals surface area contributed by atoms with Crippen LogP contribution in [-0.2, 0) is 10.0 Å². The lowest BCUT2D eigenvalue weighted by molar-refractivity contribution is 0.601. The summed E-state index contributed by atoms with van der Waals surface area (Å²) in [6, 6.07) is 12.6. The molecule has 0 fully saturated rings. The molecule has 0 amide bonds. The van der Waals surface area contributed by atoms with Crippen LogP contribution in [-0.4, -0.2) is 8.42 Å². The molecular weight excluding hydrogens is 364 g/mol. The Morgan fingerprint density at radius 3 is 2.60 bits per heavy atom. The van der Waals surface area contributed by atoms with Gasteiger partial charge in [-0.25, -0.2) is 8.42 Å². The third kappa shape index (κ3) is 3.31. The number of nitriles is 1. The number of sulfonamides is 1. The van der Waals surface area contributed by atoms with Crippen molar-refractivity contribution in [3.05, 3.63) is 57.5 Å². The van der Waals surface area contributed by atoms with Crippen molar-refractivity contribution >= 4 is 43.2 Å². The molecule has 0 aliphatic carbocycles. The minimum absolute atomic E-state index is 0.0234. The van der Waals surface area contributed by atoms with Crippen LogP contribution >= 0.6 is 27.5 Å². The first-order chi connectivity index (χ1) is 9.42. The Morgan fingerprint density at radius 2 is 1.95 bits per heavy atom. The number of nitrogens with zero attached hydrogens (tertiary/aromatic N) is 1. The number of hydrogen-bond acceptors (Lipinski definition) is 3. The molecule has 102 valence electrons. The van der Waals surface area contributed by atoms with Crippen molar-refractivity contribution in [2.24, 2.45) is 0 Å². The van der Waals surface area contributed by atoms with E-state index < -0.39 is 10.0 Å². The minimum atomic E-state index is -3.80. The third-order valence-corrected chi connectivity index (χ3v) is 4.78. The molecule has 0 spiro atoms. The Bertz CT molecular complexity index is 800. The molecule has 0 unspecified atom stereocenters. The maximum absolute atomic E-state index is 12.2. The smallest absolute Gasteiger partial charge is 0.263 e. The zero-order valence-electron chi connectivity index (χ0n) is 9.97. The number of nitrogens with one attached hydrogen (secondary N) is 1. The van der Waals surface area contributed by atoms with Crippen LogP contribution in [0.2, 0.25) is 5.02 Å². The van der Waals surface area contributed by atoms with E-state index in [2.05, 4.69) is 20.7 Å². The Hall–Kier alpha value is -1.55. The molecular formula is C13H8BrClN2O2S. The summed E-state index contributed by atoms with van der Waals surface area (Å²) in [5.41, 5.74) is 0.676. The van der Waals surface area contributed by atoms with Crippen LogP contribution < -0.4 is 4.72 Å². The molecule has 0 aliphatic rings. The van der Waals surface area contributed by atoms with Crippen LogP contribution in [0.1, 0.15) is 5.56 Å². The van der Waals surface area contributed by atoms with E-state index in [-0.39, 0.29) is 9.92 Å². The fraction of sp³-hybridized carbons (Fsp3) is 0. The molecule has 2 aromatic carbocycles. The van der Waals surface area contributed by atoms with Crippen molar-refractivity contribution in [3.8, 4) is 6.07 Å². The Balaban J connectivity index is 2.38. The van der Waals surface area contributed by atoms with E-state index in [0.29, 0.717) is 15.7 Å². The third-order valence-electron chi connectivity index (χ3n) is 2.43. The SMILES string of the molecule is N#Cc1cccc(NS(=O)(=O)c2ccc(Br)cc2Cl)c1. The van der Waals surface area contributed by atoms with Crippen LogP contribution in [0.4, 0.5) is 5.69 Å². The van der Waals surface area contributed by atoms with Gasteiger partial charge in [0.15, 0.2) is 0 Å².